The molecule has 1 aromatic rings. The number of halogens is 1. The second kappa shape index (κ2) is 5.10. The number of esters is 1. The lowest BCUT2D eigenvalue weighted by atomic mass is 10.00. The van der Waals surface area contributed by atoms with Crippen LogP contribution in [0, 0.1) is 10.1 Å². The first kappa shape index (κ1) is 14.3. The van der Waals surface area contributed by atoms with E-state index in [0.29, 0.717) is 10.6 Å². The lowest BCUT2D eigenvalue weighted by Gasteiger charge is -2.30. The number of hydrogen-bond donors (Lipinski definition) is 2. The maximum atomic E-state index is 11.8. The number of carbonyl (C=O) groups excluding carboxylic acids is 1. The number of nitrogens with zero attached hydrogens (tertiary/aromatic N) is 1. The number of nitrogens with one attached hydrogen (secondary N) is 1. The van der Waals surface area contributed by atoms with Crippen molar-refractivity contribution in [3.8, 4) is 0 Å². The van der Waals surface area contributed by atoms with E-state index in [4.69, 9.17) is 22.1 Å². The Labute approximate surface area is 119 Å². The predicted molar refractivity (Wildman–Crippen MR) is 74.3 cm³/mol. The molecule has 0 aliphatic carbocycles. The normalized spacial score (nSPS) is 19.9. The number of rotatable bonds is 3. The average Bonchev–Trinajstić information content (AvgIpc) is 2.38. The van der Waals surface area contributed by atoms with E-state index in [0.717, 1.165) is 0 Å². The van der Waals surface area contributed by atoms with Gasteiger partial charge in [0.05, 0.1) is 16.6 Å². The topological polar surface area (TPSA) is 107 Å². The molecule has 1 aliphatic rings. The molecule has 3 N–H and O–H groups in total. The summed E-state index contributed by atoms with van der Waals surface area (Å²) in [5.41, 5.74) is 4.52. The van der Waals surface area contributed by atoms with Crippen molar-refractivity contribution in [2.45, 2.75) is 12.6 Å². The largest absolute Gasteiger partial charge is 0.463 e. The number of carbonyl (C=O) groups is 1. The number of nitro groups is 1. The summed E-state index contributed by atoms with van der Waals surface area (Å²) in [6.07, 6.45) is 2.83. The number of benzene rings is 1. The number of ether oxygens (including phenoxy) is 1. The van der Waals surface area contributed by atoms with E-state index in [-0.39, 0.29) is 18.0 Å². The van der Waals surface area contributed by atoms with Gasteiger partial charge in [0.2, 0.25) is 5.66 Å². The predicted octanol–water partition coefficient (Wildman–Crippen LogP) is 1.90. The summed E-state index contributed by atoms with van der Waals surface area (Å²) < 4.78 is 4.85. The van der Waals surface area contributed by atoms with Crippen molar-refractivity contribution in [1.82, 2.24) is 0 Å². The van der Waals surface area contributed by atoms with Gasteiger partial charge in [-0.1, -0.05) is 17.7 Å². The molecule has 1 atom stereocenters. The molecule has 0 amide bonds. The second-order valence-corrected chi connectivity index (χ2v) is 4.57. The first-order valence-electron chi connectivity index (χ1n) is 5.79. The van der Waals surface area contributed by atoms with E-state index < -0.39 is 16.6 Å². The highest BCUT2D eigenvalue weighted by molar-refractivity contribution is 6.33. The maximum Gasteiger partial charge on any atom is 0.351 e. The maximum absolute atomic E-state index is 11.8. The molecule has 20 heavy (non-hydrogen) atoms. The van der Waals surface area contributed by atoms with Crippen molar-refractivity contribution in [3.05, 3.63) is 38.9 Å². The van der Waals surface area contributed by atoms with E-state index in [1.807, 2.05) is 0 Å². The van der Waals surface area contributed by atoms with Crippen molar-refractivity contribution in [2.24, 2.45) is 5.73 Å². The molecule has 1 unspecified atom stereocenters. The van der Waals surface area contributed by atoms with Crippen molar-refractivity contribution in [1.29, 1.82) is 0 Å². The minimum Gasteiger partial charge on any atom is -0.463 e. The zero-order valence-electron chi connectivity index (χ0n) is 10.6. The molecular formula is C12H12ClN3O4. The van der Waals surface area contributed by atoms with Crippen LogP contribution in [-0.4, -0.2) is 23.2 Å². The first-order valence-corrected chi connectivity index (χ1v) is 6.17. The standard InChI is InChI=1S/C12H12ClN3O4/c1-2-20-11(17)12(14)6-5-7-8(13)3-4-9(16(18)19)10(7)15-12/h3-6,15H,2,14H2,1H3. The average molecular weight is 298 g/mol. The van der Waals surface area contributed by atoms with Crippen molar-refractivity contribution < 1.29 is 14.5 Å². The summed E-state index contributed by atoms with van der Waals surface area (Å²) in [6, 6.07) is 2.66. The molecule has 8 heteroatoms. The van der Waals surface area contributed by atoms with Crippen molar-refractivity contribution in [2.75, 3.05) is 11.9 Å². The quantitative estimate of drug-likeness (QED) is 0.501. The minimum atomic E-state index is -1.65. The summed E-state index contributed by atoms with van der Waals surface area (Å²) in [5, 5.41) is 14.0. The lowest BCUT2D eigenvalue weighted by Crippen LogP contribution is -2.55. The monoisotopic (exact) mass is 297 g/mol. The van der Waals surface area contributed by atoms with Gasteiger partial charge in [-0.15, -0.1) is 0 Å². The molecule has 7 nitrogen and oxygen atoms in total. The van der Waals surface area contributed by atoms with Crippen LogP contribution in [0.5, 0.6) is 0 Å². The first-order chi connectivity index (χ1) is 9.39. The fourth-order valence-corrected chi connectivity index (χ4v) is 2.08. The van der Waals surface area contributed by atoms with Crippen molar-refractivity contribution >= 4 is 35.0 Å². The Kier molecular flexibility index (Phi) is 3.65. The van der Waals surface area contributed by atoms with Gasteiger partial charge < -0.3 is 10.1 Å². The van der Waals surface area contributed by atoms with Crippen LogP contribution in [0.25, 0.3) is 6.08 Å². The van der Waals surface area contributed by atoms with Gasteiger partial charge in [-0.3, -0.25) is 15.8 Å². The van der Waals surface area contributed by atoms with Crippen LogP contribution < -0.4 is 11.1 Å². The van der Waals surface area contributed by atoms with Crippen LogP contribution in [0.3, 0.4) is 0 Å². The highest BCUT2D eigenvalue weighted by atomic mass is 35.5. The molecule has 0 aromatic heterocycles. The smallest absolute Gasteiger partial charge is 0.351 e. The summed E-state index contributed by atoms with van der Waals surface area (Å²) in [5.74, 6) is -0.726. The molecule has 2 rings (SSSR count). The highest BCUT2D eigenvalue weighted by Crippen LogP contribution is 2.38. The number of hydrogen-bond acceptors (Lipinski definition) is 6. The Bertz CT molecular complexity index is 617. The van der Waals surface area contributed by atoms with Crippen LogP contribution in [0.2, 0.25) is 5.02 Å². The number of anilines is 1. The molecule has 0 saturated carbocycles. The summed E-state index contributed by atoms with van der Waals surface area (Å²) in [4.78, 5) is 22.3. The van der Waals surface area contributed by atoms with E-state index in [2.05, 4.69) is 5.32 Å². The third kappa shape index (κ3) is 2.33. The second-order valence-electron chi connectivity index (χ2n) is 4.16. The van der Waals surface area contributed by atoms with Crippen LogP contribution >= 0.6 is 11.6 Å². The van der Waals surface area contributed by atoms with Gasteiger partial charge in [0, 0.05) is 11.6 Å². The van der Waals surface area contributed by atoms with Gasteiger partial charge in [-0.2, -0.15) is 0 Å². The molecular weight excluding hydrogens is 286 g/mol. The van der Waals surface area contributed by atoms with Gasteiger partial charge in [-0.25, -0.2) is 4.79 Å². The summed E-state index contributed by atoms with van der Waals surface area (Å²) in [6.45, 7) is 1.79. The van der Waals surface area contributed by atoms with E-state index in [9.17, 15) is 14.9 Å². The molecule has 0 bridgehead atoms. The fourth-order valence-electron chi connectivity index (χ4n) is 1.86. The number of nitrogens with two attached hydrogens (primary N) is 1. The third-order valence-electron chi connectivity index (χ3n) is 2.82. The molecule has 1 aliphatic heterocycles. The number of nitro benzene ring substituents is 1. The Morgan fingerprint density at radius 1 is 1.60 bits per heavy atom. The van der Waals surface area contributed by atoms with Crippen LogP contribution in [-0.2, 0) is 9.53 Å². The lowest BCUT2D eigenvalue weighted by molar-refractivity contribution is -0.384. The molecule has 0 fully saturated rings. The molecule has 0 saturated heterocycles. The minimum absolute atomic E-state index is 0.0977. The Morgan fingerprint density at radius 3 is 2.90 bits per heavy atom. The van der Waals surface area contributed by atoms with E-state index >= 15 is 0 Å². The Hall–Kier alpha value is -2.12. The van der Waals surface area contributed by atoms with E-state index in [1.165, 1.54) is 24.3 Å². The zero-order chi connectivity index (χ0) is 14.9. The summed E-state index contributed by atoms with van der Waals surface area (Å²) in [7, 11) is 0. The van der Waals surface area contributed by atoms with Gasteiger partial charge in [0.1, 0.15) is 5.69 Å². The Morgan fingerprint density at radius 2 is 2.30 bits per heavy atom. The van der Waals surface area contributed by atoms with Crippen molar-refractivity contribution in [3.63, 3.8) is 0 Å². The van der Waals surface area contributed by atoms with Gasteiger partial charge in [0.15, 0.2) is 0 Å². The molecule has 106 valence electrons. The van der Waals surface area contributed by atoms with Gasteiger partial charge in [0.25, 0.3) is 5.69 Å². The zero-order valence-corrected chi connectivity index (χ0v) is 11.3. The summed E-state index contributed by atoms with van der Waals surface area (Å²) >= 11 is 5.98. The SMILES string of the molecule is CCOC(=O)C1(N)C=Cc2c(Cl)ccc([N+](=O)[O-])c2N1. The number of fused-ring (bicyclic) bond motifs is 1. The molecule has 0 spiro atoms. The van der Waals surface area contributed by atoms with Crippen LogP contribution in [0.1, 0.15) is 12.5 Å². The van der Waals surface area contributed by atoms with Crippen LogP contribution in [0.4, 0.5) is 11.4 Å². The Balaban J connectivity index is 2.50. The van der Waals surface area contributed by atoms with Crippen LogP contribution in [0.15, 0.2) is 18.2 Å². The molecule has 0 radical (unpaired) electrons. The molecule has 1 aromatic carbocycles. The van der Waals surface area contributed by atoms with Gasteiger partial charge >= 0.3 is 5.97 Å². The third-order valence-corrected chi connectivity index (χ3v) is 3.15. The highest BCUT2D eigenvalue weighted by Gasteiger charge is 2.38. The fraction of sp³-hybridized carbons (Fsp3) is 0.250. The van der Waals surface area contributed by atoms with E-state index in [1.54, 1.807) is 6.92 Å². The van der Waals surface area contributed by atoms with Gasteiger partial charge in [-0.05, 0) is 19.1 Å². The molecule has 1 heterocycles.